The Hall–Kier alpha value is -1.78. The minimum absolute atomic E-state index is 0.0566. The quantitative estimate of drug-likeness (QED) is 0.462. The molecule has 0 aromatic heterocycles. The van der Waals surface area contributed by atoms with E-state index < -0.39 is 0 Å². The van der Waals surface area contributed by atoms with Crippen molar-refractivity contribution in [2.75, 3.05) is 0 Å². The van der Waals surface area contributed by atoms with Crippen LogP contribution in [-0.2, 0) is 11.2 Å². The van der Waals surface area contributed by atoms with Crippen molar-refractivity contribution in [3.05, 3.63) is 70.2 Å². The maximum absolute atomic E-state index is 6.23. The second kappa shape index (κ2) is 8.36. The number of nitrogens with zero attached hydrogens (tertiary/aromatic N) is 2. The number of hydrogen-bond acceptors (Lipinski definition) is 3. The molecular formula is C19H22ClN3S. The van der Waals surface area contributed by atoms with Gasteiger partial charge in [-0.2, -0.15) is 5.10 Å². The number of nitrogens with two attached hydrogens (primary N) is 1. The van der Waals surface area contributed by atoms with Crippen molar-refractivity contribution >= 4 is 34.7 Å². The molecule has 0 heterocycles. The van der Waals surface area contributed by atoms with Crippen LogP contribution in [0.25, 0.3) is 0 Å². The van der Waals surface area contributed by atoms with Gasteiger partial charge in [-0.05, 0) is 28.7 Å². The fraction of sp³-hybridized carbons (Fsp3) is 0.263. The average molecular weight is 360 g/mol. The summed E-state index contributed by atoms with van der Waals surface area (Å²) in [6.07, 6.45) is 1.65. The van der Waals surface area contributed by atoms with Crippen LogP contribution in [0.5, 0.6) is 0 Å². The van der Waals surface area contributed by atoms with Crippen LogP contribution in [0, 0.1) is 0 Å². The number of hydrogen-bond donors (Lipinski definition) is 1. The zero-order valence-electron chi connectivity index (χ0n) is 14.2. The third kappa shape index (κ3) is 5.69. The van der Waals surface area contributed by atoms with Gasteiger partial charge in [0, 0.05) is 16.3 Å². The molecule has 0 spiro atoms. The maximum atomic E-state index is 6.23. The van der Waals surface area contributed by atoms with Gasteiger partial charge in [-0.3, -0.25) is 0 Å². The van der Waals surface area contributed by atoms with Gasteiger partial charge in [-0.1, -0.05) is 80.5 Å². The van der Waals surface area contributed by atoms with Gasteiger partial charge in [0.25, 0.3) is 0 Å². The molecule has 5 heteroatoms. The van der Waals surface area contributed by atoms with Crippen molar-refractivity contribution in [1.29, 1.82) is 0 Å². The van der Waals surface area contributed by atoms with Crippen LogP contribution in [0.1, 0.15) is 37.5 Å². The van der Waals surface area contributed by atoms with E-state index in [1.54, 1.807) is 6.21 Å². The van der Waals surface area contributed by atoms with Gasteiger partial charge in [0.1, 0.15) is 0 Å². The molecule has 0 aliphatic heterocycles. The van der Waals surface area contributed by atoms with E-state index in [1.807, 2.05) is 36.4 Å². The lowest BCUT2D eigenvalue weighted by atomic mass is 9.86. The Morgan fingerprint density at radius 1 is 1.17 bits per heavy atom. The molecule has 2 aromatic rings. The number of benzene rings is 2. The third-order valence-electron chi connectivity index (χ3n) is 3.44. The number of thioether (sulfide) groups is 1. The molecule has 24 heavy (non-hydrogen) atoms. The van der Waals surface area contributed by atoms with Gasteiger partial charge >= 0.3 is 0 Å². The topological polar surface area (TPSA) is 50.7 Å². The summed E-state index contributed by atoms with van der Waals surface area (Å²) in [4.78, 5) is 0. The van der Waals surface area contributed by atoms with E-state index in [0.29, 0.717) is 10.2 Å². The highest BCUT2D eigenvalue weighted by Gasteiger charge is 2.14. The molecule has 0 unspecified atom stereocenters. The third-order valence-corrected chi connectivity index (χ3v) is 4.64. The van der Waals surface area contributed by atoms with Crippen LogP contribution < -0.4 is 5.73 Å². The largest absolute Gasteiger partial charge is 0.377 e. The molecule has 0 atom stereocenters. The standard InChI is InChI=1S/C19H22ClN3S/c1-19(2,3)16-9-10-17(20)15(11-16)12-22-23-18(21)24-13-14-7-5-4-6-8-14/h4-12H,13H2,1-3H3,(H2,21,23). The minimum Gasteiger partial charge on any atom is -0.377 e. The Bertz CT molecular complexity index is 734. The smallest absolute Gasteiger partial charge is 0.180 e. The first-order chi connectivity index (χ1) is 11.4. The second-order valence-electron chi connectivity index (χ2n) is 6.44. The molecule has 3 nitrogen and oxygen atoms in total. The van der Waals surface area contributed by atoms with Gasteiger partial charge in [-0.25, -0.2) is 0 Å². The van der Waals surface area contributed by atoms with E-state index in [0.717, 1.165) is 11.3 Å². The molecule has 0 aliphatic carbocycles. The first-order valence-corrected chi connectivity index (χ1v) is 9.06. The van der Waals surface area contributed by atoms with Crippen LogP contribution in [0.4, 0.5) is 0 Å². The summed E-state index contributed by atoms with van der Waals surface area (Å²) in [5.41, 5.74) is 9.18. The zero-order chi connectivity index (χ0) is 17.6. The van der Waals surface area contributed by atoms with E-state index in [-0.39, 0.29) is 5.41 Å². The molecule has 0 radical (unpaired) electrons. The highest BCUT2D eigenvalue weighted by atomic mass is 35.5. The molecule has 126 valence electrons. The molecule has 0 fully saturated rings. The summed E-state index contributed by atoms with van der Waals surface area (Å²) in [5, 5.41) is 9.19. The van der Waals surface area contributed by atoms with Crippen molar-refractivity contribution in [1.82, 2.24) is 0 Å². The molecule has 0 saturated carbocycles. The van der Waals surface area contributed by atoms with Crippen molar-refractivity contribution < 1.29 is 0 Å². The molecule has 2 aromatic carbocycles. The molecule has 0 bridgehead atoms. The molecule has 0 saturated heterocycles. The fourth-order valence-electron chi connectivity index (χ4n) is 2.02. The fourth-order valence-corrected chi connectivity index (χ4v) is 2.80. The minimum atomic E-state index is 0.0566. The molecule has 2 rings (SSSR count). The first-order valence-electron chi connectivity index (χ1n) is 7.69. The summed E-state index contributed by atoms with van der Waals surface area (Å²) in [5.74, 6) is 0.770. The first kappa shape index (κ1) is 18.6. The van der Waals surface area contributed by atoms with Crippen molar-refractivity contribution in [3.63, 3.8) is 0 Å². The van der Waals surface area contributed by atoms with E-state index >= 15 is 0 Å². The summed E-state index contributed by atoms with van der Waals surface area (Å²) in [6, 6.07) is 16.1. The average Bonchev–Trinajstić information content (AvgIpc) is 2.54. The predicted molar refractivity (Wildman–Crippen MR) is 107 cm³/mol. The van der Waals surface area contributed by atoms with Gasteiger partial charge in [0.05, 0.1) is 6.21 Å². The monoisotopic (exact) mass is 359 g/mol. The summed E-state index contributed by atoms with van der Waals surface area (Å²) >= 11 is 7.68. The second-order valence-corrected chi connectivity index (χ2v) is 7.85. The van der Waals surface area contributed by atoms with Crippen molar-refractivity contribution in [2.24, 2.45) is 15.9 Å². The van der Waals surface area contributed by atoms with E-state index in [4.69, 9.17) is 17.3 Å². The Kier molecular flexibility index (Phi) is 6.46. The summed E-state index contributed by atoms with van der Waals surface area (Å²) in [6.45, 7) is 6.48. The Balaban J connectivity index is 2.02. The van der Waals surface area contributed by atoms with Crippen LogP contribution >= 0.6 is 23.4 Å². The summed E-state index contributed by atoms with van der Waals surface area (Å²) in [7, 11) is 0. The highest BCUT2D eigenvalue weighted by molar-refractivity contribution is 8.13. The van der Waals surface area contributed by atoms with E-state index in [9.17, 15) is 0 Å². The van der Waals surface area contributed by atoms with Gasteiger partial charge in [0.15, 0.2) is 5.17 Å². The highest BCUT2D eigenvalue weighted by Crippen LogP contribution is 2.26. The van der Waals surface area contributed by atoms with Gasteiger partial charge in [-0.15, -0.1) is 5.10 Å². The predicted octanol–water partition coefficient (Wildman–Crippen LogP) is 5.22. The Morgan fingerprint density at radius 2 is 1.88 bits per heavy atom. The van der Waals surface area contributed by atoms with Crippen molar-refractivity contribution in [3.8, 4) is 0 Å². The van der Waals surface area contributed by atoms with Crippen LogP contribution in [0.3, 0.4) is 0 Å². The lowest BCUT2D eigenvalue weighted by molar-refractivity contribution is 0.590. The number of amidine groups is 1. The number of halogens is 1. The number of rotatable bonds is 4. The Labute approximate surface area is 153 Å². The molecule has 2 N–H and O–H groups in total. The van der Waals surface area contributed by atoms with Crippen molar-refractivity contribution in [2.45, 2.75) is 31.9 Å². The lowest BCUT2D eigenvalue weighted by Gasteiger charge is -2.19. The van der Waals surface area contributed by atoms with Crippen LogP contribution in [0.15, 0.2) is 58.7 Å². The molecular weight excluding hydrogens is 338 g/mol. The molecule has 0 aliphatic rings. The van der Waals surface area contributed by atoms with Gasteiger partial charge in [0.2, 0.25) is 0 Å². The lowest BCUT2D eigenvalue weighted by Crippen LogP contribution is -2.11. The maximum Gasteiger partial charge on any atom is 0.180 e. The van der Waals surface area contributed by atoms with Crippen LogP contribution in [-0.4, -0.2) is 11.4 Å². The normalized spacial score (nSPS) is 12.8. The van der Waals surface area contributed by atoms with E-state index in [2.05, 4.69) is 43.1 Å². The van der Waals surface area contributed by atoms with Gasteiger partial charge < -0.3 is 5.73 Å². The van der Waals surface area contributed by atoms with E-state index in [1.165, 1.54) is 22.9 Å². The van der Waals surface area contributed by atoms with Crippen LogP contribution in [0.2, 0.25) is 5.02 Å². The molecule has 0 amide bonds. The SMILES string of the molecule is CC(C)(C)c1ccc(Cl)c(C=NN=C(N)SCc2ccccc2)c1. The Morgan fingerprint density at radius 3 is 2.54 bits per heavy atom. The zero-order valence-corrected chi connectivity index (χ0v) is 15.7. The summed E-state index contributed by atoms with van der Waals surface area (Å²) < 4.78 is 0.